The molecule has 0 saturated heterocycles. The lowest BCUT2D eigenvalue weighted by Gasteiger charge is -2.01. The average Bonchev–Trinajstić information content (AvgIpc) is 1.89. The molecule has 2 nitrogen and oxygen atoms in total. The molecule has 11 heavy (non-hydrogen) atoms. The van der Waals surface area contributed by atoms with Crippen molar-refractivity contribution in [1.82, 2.24) is 0 Å². The summed E-state index contributed by atoms with van der Waals surface area (Å²) in [6.07, 6.45) is 7.28. The lowest BCUT2D eigenvalue weighted by Crippen LogP contribution is -2.01. The summed E-state index contributed by atoms with van der Waals surface area (Å²) in [5.41, 5.74) is 0. The van der Waals surface area contributed by atoms with Crippen LogP contribution in [0.2, 0.25) is 0 Å². The molecule has 0 spiro atoms. The number of nitrogens with one attached hydrogen (secondary N) is 1. The molecule has 0 aliphatic carbocycles. The van der Waals surface area contributed by atoms with Crippen LogP contribution < -0.4 is 0 Å². The molecule has 0 heterocycles. The van der Waals surface area contributed by atoms with E-state index in [-0.39, 0.29) is 12.4 Å². The Morgan fingerprint density at radius 3 is 2.73 bits per heavy atom. The van der Waals surface area contributed by atoms with Crippen molar-refractivity contribution >= 4 is 18.3 Å². The van der Waals surface area contributed by atoms with Crippen LogP contribution in [0.15, 0.2) is 0 Å². The van der Waals surface area contributed by atoms with E-state index in [4.69, 9.17) is 16.6 Å². The lowest BCUT2D eigenvalue weighted by atomic mass is 10.2. The van der Waals surface area contributed by atoms with Gasteiger partial charge in [-0.05, 0) is 13.3 Å². The van der Waals surface area contributed by atoms with Gasteiger partial charge in [-0.25, -0.2) is 0 Å². The number of ether oxygens (including phenoxy) is 1. The zero-order chi connectivity index (χ0) is 7.82. The Kier molecular flexibility index (Phi) is 11.0. The van der Waals surface area contributed by atoms with Crippen LogP contribution in [-0.4, -0.2) is 12.5 Å². The fourth-order valence-corrected chi connectivity index (χ4v) is 0.597. The first kappa shape index (κ1) is 12.9. The van der Waals surface area contributed by atoms with Crippen LogP contribution in [-0.2, 0) is 4.74 Å². The first-order chi connectivity index (χ1) is 4.81. The molecular weight excluding hydrogens is 162 g/mol. The minimum absolute atomic E-state index is 0. The summed E-state index contributed by atoms with van der Waals surface area (Å²) in [5.74, 6) is 2.86. The van der Waals surface area contributed by atoms with Gasteiger partial charge in [0.05, 0.1) is 6.61 Å². The van der Waals surface area contributed by atoms with Gasteiger partial charge in [0.15, 0.2) is 5.90 Å². The van der Waals surface area contributed by atoms with Crippen molar-refractivity contribution in [1.29, 1.82) is 5.41 Å². The topological polar surface area (TPSA) is 33.1 Å². The van der Waals surface area contributed by atoms with E-state index >= 15 is 0 Å². The van der Waals surface area contributed by atoms with Gasteiger partial charge in [0.2, 0.25) is 0 Å². The highest BCUT2D eigenvalue weighted by Gasteiger charge is 1.93. The monoisotopic (exact) mass is 175 g/mol. The van der Waals surface area contributed by atoms with Crippen LogP contribution in [0.5, 0.6) is 0 Å². The third-order valence-corrected chi connectivity index (χ3v) is 1.04. The van der Waals surface area contributed by atoms with Crippen molar-refractivity contribution < 1.29 is 4.74 Å². The first-order valence-corrected chi connectivity index (χ1v) is 3.45. The van der Waals surface area contributed by atoms with Gasteiger partial charge in [0, 0.05) is 12.8 Å². The van der Waals surface area contributed by atoms with E-state index in [9.17, 15) is 0 Å². The molecular formula is C8H14ClNO. The molecule has 3 heteroatoms. The second-order valence-electron chi connectivity index (χ2n) is 1.91. The predicted octanol–water partition coefficient (Wildman–Crippen LogP) is 2.23. The van der Waals surface area contributed by atoms with Gasteiger partial charge in [0.25, 0.3) is 0 Å². The molecule has 0 saturated carbocycles. The molecule has 1 N–H and O–H groups in total. The van der Waals surface area contributed by atoms with Crippen LogP contribution in [0.25, 0.3) is 0 Å². The molecule has 0 unspecified atom stereocenters. The molecule has 0 bridgehead atoms. The Bertz CT molecular complexity index is 140. The normalized spacial score (nSPS) is 7.64. The van der Waals surface area contributed by atoms with Gasteiger partial charge < -0.3 is 4.74 Å². The van der Waals surface area contributed by atoms with Crippen LogP contribution in [0, 0.1) is 17.8 Å². The summed E-state index contributed by atoms with van der Waals surface area (Å²) < 4.78 is 4.90. The number of hydrogen-bond donors (Lipinski definition) is 1. The third-order valence-electron chi connectivity index (χ3n) is 1.04. The number of halogens is 1. The highest BCUT2D eigenvalue weighted by molar-refractivity contribution is 5.85. The van der Waals surface area contributed by atoms with Gasteiger partial charge in [-0.2, -0.15) is 0 Å². The van der Waals surface area contributed by atoms with Crippen molar-refractivity contribution in [2.75, 3.05) is 6.61 Å². The summed E-state index contributed by atoms with van der Waals surface area (Å²) in [5, 5.41) is 7.18. The summed E-state index contributed by atoms with van der Waals surface area (Å²) in [6, 6.07) is 0. The first-order valence-electron chi connectivity index (χ1n) is 3.45. The Hall–Kier alpha value is -0.680. The van der Waals surface area contributed by atoms with Crippen LogP contribution >= 0.6 is 12.4 Å². The largest absolute Gasteiger partial charge is 0.481 e. The molecule has 0 radical (unpaired) electrons. The molecule has 0 atom stereocenters. The fraction of sp³-hybridized carbons (Fsp3) is 0.625. The highest BCUT2D eigenvalue weighted by Crippen LogP contribution is 1.95. The zero-order valence-corrected chi connectivity index (χ0v) is 7.54. The maximum Gasteiger partial charge on any atom is 0.180 e. The fourth-order valence-electron chi connectivity index (χ4n) is 0.597. The highest BCUT2D eigenvalue weighted by atomic mass is 35.5. The second-order valence-corrected chi connectivity index (χ2v) is 1.91. The minimum Gasteiger partial charge on any atom is -0.481 e. The minimum atomic E-state index is 0. The molecule has 0 aromatic heterocycles. The Morgan fingerprint density at radius 2 is 2.27 bits per heavy atom. The molecule has 0 fully saturated rings. The van der Waals surface area contributed by atoms with E-state index < -0.39 is 0 Å². The standard InChI is InChI=1S/C8H13NO.ClH/c1-3-5-6-7-8(9)10-4-2;/h1,9H,4-7H2,2H3;1H. The van der Waals surface area contributed by atoms with Crippen molar-refractivity contribution in [3.8, 4) is 12.3 Å². The number of rotatable bonds is 4. The van der Waals surface area contributed by atoms with Crippen molar-refractivity contribution in [2.45, 2.75) is 26.2 Å². The molecule has 0 amide bonds. The Labute approximate surface area is 74.2 Å². The molecule has 0 rings (SSSR count). The molecule has 64 valence electrons. The second kappa shape index (κ2) is 9.32. The van der Waals surface area contributed by atoms with Gasteiger partial charge in [0.1, 0.15) is 0 Å². The van der Waals surface area contributed by atoms with Crippen LogP contribution in [0.4, 0.5) is 0 Å². The van der Waals surface area contributed by atoms with Crippen molar-refractivity contribution in [3.05, 3.63) is 0 Å². The number of unbranched alkanes of at least 4 members (excludes halogenated alkanes) is 1. The lowest BCUT2D eigenvalue weighted by molar-refractivity contribution is 0.313. The third kappa shape index (κ3) is 9.32. The maximum absolute atomic E-state index is 7.18. The van der Waals surface area contributed by atoms with E-state index in [1.54, 1.807) is 0 Å². The summed E-state index contributed by atoms with van der Waals surface area (Å²) in [6.45, 7) is 2.45. The predicted molar refractivity (Wildman–Crippen MR) is 49.3 cm³/mol. The van der Waals surface area contributed by atoms with E-state index in [2.05, 4.69) is 5.92 Å². The Morgan fingerprint density at radius 1 is 1.64 bits per heavy atom. The van der Waals surface area contributed by atoms with Crippen molar-refractivity contribution in [3.63, 3.8) is 0 Å². The van der Waals surface area contributed by atoms with E-state index in [0.717, 1.165) is 12.8 Å². The number of hydrogen-bond acceptors (Lipinski definition) is 2. The molecule has 0 aromatic carbocycles. The molecule has 0 aliphatic rings. The molecule has 0 aromatic rings. The smallest absolute Gasteiger partial charge is 0.180 e. The maximum atomic E-state index is 7.18. The van der Waals surface area contributed by atoms with Gasteiger partial charge in [-0.1, -0.05) is 0 Å². The summed E-state index contributed by atoms with van der Waals surface area (Å²) in [4.78, 5) is 0. The van der Waals surface area contributed by atoms with Crippen LogP contribution in [0.3, 0.4) is 0 Å². The van der Waals surface area contributed by atoms with Crippen LogP contribution in [0.1, 0.15) is 26.2 Å². The van der Waals surface area contributed by atoms with Gasteiger partial charge in [-0.3, -0.25) is 5.41 Å². The van der Waals surface area contributed by atoms with E-state index in [0.29, 0.717) is 18.9 Å². The Balaban J connectivity index is 0. The quantitative estimate of drug-likeness (QED) is 0.302. The van der Waals surface area contributed by atoms with E-state index in [1.165, 1.54) is 0 Å². The van der Waals surface area contributed by atoms with Crippen molar-refractivity contribution in [2.24, 2.45) is 0 Å². The van der Waals surface area contributed by atoms with Gasteiger partial charge in [-0.15, -0.1) is 24.8 Å². The molecule has 0 aliphatic heterocycles. The zero-order valence-electron chi connectivity index (χ0n) is 6.72. The SMILES string of the molecule is C#CCCCC(=N)OCC.Cl. The summed E-state index contributed by atoms with van der Waals surface area (Å²) >= 11 is 0. The summed E-state index contributed by atoms with van der Waals surface area (Å²) in [7, 11) is 0. The number of terminal acetylenes is 1. The average molecular weight is 176 g/mol. The van der Waals surface area contributed by atoms with E-state index in [1.807, 2.05) is 6.92 Å². The van der Waals surface area contributed by atoms with Gasteiger partial charge >= 0.3 is 0 Å².